The van der Waals surface area contributed by atoms with Crippen LogP contribution >= 0.6 is 11.3 Å². The number of nitrogens with zero attached hydrogens (tertiary/aromatic N) is 1. The van der Waals surface area contributed by atoms with E-state index >= 15 is 0 Å². The molecule has 2 N–H and O–H groups in total. The normalized spacial score (nSPS) is 13.7. The number of rotatable bonds is 5. The van der Waals surface area contributed by atoms with Crippen molar-refractivity contribution in [3.8, 4) is 0 Å². The molecule has 0 radical (unpaired) electrons. The highest BCUT2D eigenvalue weighted by Crippen LogP contribution is 2.16. The maximum atomic E-state index is 11.8. The number of nitrogens with one attached hydrogen (secondary N) is 1. The molecule has 1 heterocycles. The Hall–Kier alpha value is -1.56. The highest BCUT2D eigenvalue weighted by atomic mass is 32.1. The van der Waals surface area contributed by atoms with Gasteiger partial charge in [0.2, 0.25) is 0 Å². The van der Waals surface area contributed by atoms with Gasteiger partial charge in [0.1, 0.15) is 6.04 Å². The van der Waals surface area contributed by atoms with Crippen LogP contribution in [0.5, 0.6) is 0 Å². The van der Waals surface area contributed by atoms with Gasteiger partial charge in [-0.2, -0.15) is 0 Å². The second kappa shape index (κ2) is 6.56. The smallest absolute Gasteiger partial charge is 0.326 e. The fourth-order valence-corrected chi connectivity index (χ4v) is 2.62. The number of urea groups is 1. The topological polar surface area (TPSA) is 69.6 Å². The average Bonchev–Trinajstić information content (AvgIpc) is 2.72. The Balaban J connectivity index is 2.50. The Morgan fingerprint density at radius 2 is 2.05 bits per heavy atom. The van der Waals surface area contributed by atoms with Crippen molar-refractivity contribution in [2.24, 2.45) is 0 Å². The first-order valence-electron chi connectivity index (χ1n) is 6.12. The van der Waals surface area contributed by atoms with E-state index in [0.717, 1.165) is 6.42 Å². The molecule has 6 heteroatoms. The maximum Gasteiger partial charge on any atom is 0.326 e. The quantitative estimate of drug-likeness (QED) is 0.870. The molecule has 1 aromatic heterocycles. The second-order valence-electron chi connectivity index (χ2n) is 4.69. The zero-order valence-electron chi connectivity index (χ0n) is 11.6. The highest BCUT2D eigenvalue weighted by molar-refractivity contribution is 7.11. The summed E-state index contributed by atoms with van der Waals surface area (Å²) < 4.78 is 0. The fraction of sp³-hybridized carbons (Fsp3) is 0.538. The van der Waals surface area contributed by atoms with Gasteiger partial charge < -0.3 is 15.3 Å². The molecular weight excluding hydrogens is 264 g/mol. The SMILES string of the molecule is Cc1ccc(CC(C)NC(=O)N(C)C(C)C(=O)O)s1. The van der Waals surface area contributed by atoms with Gasteiger partial charge in [0.15, 0.2) is 0 Å². The van der Waals surface area contributed by atoms with Gasteiger partial charge in [-0.15, -0.1) is 11.3 Å². The Kier molecular flexibility index (Phi) is 5.35. The van der Waals surface area contributed by atoms with Gasteiger partial charge >= 0.3 is 12.0 Å². The molecule has 0 fully saturated rings. The predicted molar refractivity (Wildman–Crippen MR) is 75.6 cm³/mol. The Bertz CT molecular complexity index is 458. The Morgan fingerprint density at radius 3 is 2.53 bits per heavy atom. The summed E-state index contributed by atoms with van der Waals surface area (Å²) in [6.45, 7) is 5.43. The van der Waals surface area contributed by atoms with E-state index in [2.05, 4.69) is 5.32 Å². The number of carbonyl (C=O) groups is 2. The van der Waals surface area contributed by atoms with Gasteiger partial charge in [-0.25, -0.2) is 9.59 Å². The molecule has 19 heavy (non-hydrogen) atoms. The number of aryl methyl sites for hydroxylation is 1. The molecule has 0 aliphatic rings. The lowest BCUT2D eigenvalue weighted by Crippen LogP contribution is -2.48. The third-order valence-corrected chi connectivity index (χ3v) is 3.95. The standard InChI is InChI=1S/C13H20N2O3S/c1-8(7-11-6-5-9(2)19-11)14-13(18)15(4)10(3)12(16)17/h5-6,8,10H,7H2,1-4H3,(H,14,18)(H,16,17). The van der Waals surface area contributed by atoms with E-state index in [1.807, 2.05) is 26.0 Å². The minimum Gasteiger partial charge on any atom is -0.480 e. The lowest BCUT2D eigenvalue weighted by molar-refractivity contribution is -0.141. The van der Waals surface area contributed by atoms with Crippen molar-refractivity contribution in [3.05, 3.63) is 21.9 Å². The van der Waals surface area contributed by atoms with Crippen LogP contribution in [0.2, 0.25) is 0 Å². The number of thiophene rings is 1. The minimum absolute atomic E-state index is 0.0333. The van der Waals surface area contributed by atoms with E-state index < -0.39 is 12.0 Å². The first-order chi connectivity index (χ1) is 8.81. The molecule has 5 nitrogen and oxygen atoms in total. The maximum absolute atomic E-state index is 11.8. The summed E-state index contributed by atoms with van der Waals surface area (Å²) in [6, 6.07) is 2.86. The number of likely N-dealkylation sites (N-methyl/N-ethyl adjacent to an activating group) is 1. The Labute approximate surface area is 117 Å². The molecule has 0 aromatic carbocycles. The largest absolute Gasteiger partial charge is 0.480 e. The van der Waals surface area contributed by atoms with Crippen LogP contribution in [-0.2, 0) is 11.2 Å². The van der Waals surface area contributed by atoms with Crippen LogP contribution in [-0.4, -0.2) is 41.1 Å². The second-order valence-corrected chi connectivity index (χ2v) is 6.06. The van der Waals surface area contributed by atoms with Crippen molar-refractivity contribution < 1.29 is 14.7 Å². The molecule has 0 saturated heterocycles. The van der Waals surface area contributed by atoms with E-state index in [4.69, 9.17) is 5.11 Å². The van der Waals surface area contributed by atoms with Gasteiger partial charge in [0.25, 0.3) is 0 Å². The molecule has 2 amide bonds. The summed E-state index contributed by atoms with van der Waals surface area (Å²) >= 11 is 1.70. The van der Waals surface area contributed by atoms with Crippen LogP contribution in [0.15, 0.2) is 12.1 Å². The minimum atomic E-state index is -1.01. The first kappa shape index (κ1) is 15.5. The average molecular weight is 284 g/mol. The Morgan fingerprint density at radius 1 is 1.42 bits per heavy atom. The van der Waals surface area contributed by atoms with E-state index in [1.165, 1.54) is 28.6 Å². The van der Waals surface area contributed by atoms with Gasteiger partial charge in [0.05, 0.1) is 0 Å². The molecule has 0 aliphatic heterocycles. The van der Waals surface area contributed by atoms with Crippen LogP contribution in [0.25, 0.3) is 0 Å². The molecule has 2 unspecified atom stereocenters. The van der Waals surface area contributed by atoms with Crippen LogP contribution in [0.4, 0.5) is 4.79 Å². The summed E-state index contributed by atoms with van der Waals surface area (Å²) in [6.07, 6.45) is 0.750. The van der Waals surface area contributed by atoms with Gasteiger partial charge in [-0.05, 0) is 32.9 Å². The number of aliphatic carboxylic acids is 1. The van der Waals surface area contributed by atoms with Crippen molar-refractivity contribution in [2.45, 2.75) is 39.3 Å². The lowest BCUT2D eigenvalue weighted by Gasteiger charge is -2.24. The summed E-state index contributed by atoms with van der Waals surface area (Å²) in [5, 5.41) is 11.7. The molecule has 2 atom stereocenters. The summed E-state index contributed by atoms with van der Waals surface area (Å²) in [7, 11) is 1.48. The first-order valence-corrected chi connectivity index (χ1v) is 6.94. The molecule has 106 valence electrons. The third-order valence-electron chi connectivity index (χ3n) is 2.93. The van der Waals surface area contributed by atoms with Crippen molar-refractivity contribution >= 4 is 23.3 Å². The van der Waals surface area contributed by atoms with Crippen molar-refractivity contribution in [3.63, 3.8) is 0 Å². The van der Waals surface area contributed by atoms with Gasteiger partial charge in [0, 0.05) is 29.3 Å². The number of carboxylic acids is 1. The molecule has 0 saturated carbocycles. The van der Waals surface area contributed by atoms with Crippen LogP contribution in [0.1, 0.15) is 23.6 Å². The summed E-state index contributed by atoms with van der Waals surface area (Å²) in [5.41, 5.74) is 0. The summed E-state index contributed by atoms with van der Waals surface area (Å²) in [4.78, 5) is 26.3. The lowest BCUT2D eigenvalue weighted by atomic mass is 10.2. The van der Waals surface area contributed by atoms with Crippen LogP contribution in [0, 0.1) is 6.92 Å². The zero-order valence-corrected chi connectivity index (χ0v) is 12.5. The number of carbonyl (C=O) groups excluding carboxylic acids is 1. The van der Waals surface area contributed by atoms with Crippen molar-refractivity contribution in [1.82, 2.24) is 10.2 Å². The monoisotopic (exact) mass is 284 g/mol. The molecular formula is C13H20N2O3S. The number of amides is 2. The van der Waals surface area contributed by atoms with Crippen LogP contribution in [0.3, 0.4) is 0 Å². The summed E-state index contributed by atoms with van der Waals surface area (Å²) in [5.74, 6) is -1.01. The van der Waals surface area contributed by atoms with E-state index in [9.17, 15) is 9.59 Å². The predicted octanol–water partition coefficient (Wildman–Crippen LogP) is 2.10. The van der Waals surface area contributed by atoms with E-state index in [-0.39, 0.29) is 12.1 Å². The van der Waals surface area contributed by atoms with Crippen molar-refractivity contribution in [2.75, 3.05) is 7.05 Å². The molecule has 0 spiro atoms. The molecule has 1 aromatic rings. The highest BCUT2D eigenvalue weighted by Gasteiger charge is 2.22. The van der Waals surface area contributed by atoms with E-state index in [1.54, 1.807) is 11.3 Å². The van der Waals surface area contributed by atoms with Crippen LogP contribution < -0.4 is 5.32 Å². The molecule has 0 aliphatic carbocycles. The number of hydrogen-bond donors (Lipinski definition) is 2. The third kappa shape index (κ3) is 4.55. The van der Waals surface area contributed by atoms with Crippen molar-refractivity contribution in [1.29, 1.82) is 0 Å². The van der Waals surface area contributed by atoms with E-state index in [0.29, 0.717) is 0 Å². The number of hydrogen-bond acceptors (Lipinski definition) is 3. The number of carboxylic acid groups (broad SMARTS) is 1. The van der Waals surface area contributed by atoms with Gasteiger partial charge in [-0.1, -0.05) is 0 Å². The fourth-order valence-electron chi connectivity index (χ4n) is 1.60. The molecule has 1 rings (SSSR count). The molecule has 0 bridgehead atoms. The van der Waals surface area contributed by atoms with Gasteiger partial charge in [-0.3, -0.25) is 0 Å². The zero-order chi connectivity index (χ0) is 14.6.